The maximum atomic E-state index is 10.3. The van der Waals surface area contributed by atoms with Crippen LogP contribution in [0, 0.1) is 11.8 Å². The van der Waals surface area contributed by atoms with Crippen molar-refractivity contribution >= 4 is 35.8 Å². The molecule has 0 heterocycles. The third-order valence-electron chi connectivity index (χ3n) is 5.38. The number of aliphatic carboxylic acids is 2. The number of unbranched alkanes of at least 4 members (excludes halogenated alkanes) is 2. The Morgan fingerprint density at radius 3 is 1.23 bits per heavy atom. The number of allylic oxidation sites excluding steroid dienone is 10. The van der Waals surface area contributed by atoms with E-state index in [2.05, 4.69) is 39.2 Å². The average molecular weight is 589 g/mol. The number of hydrogen-bond donors (Lipinski definition) is 0. The van der Waals surface area contributed by atoms with Crippen molar-refractivity contribution in [3.8, 4) is 0 Å². The van der Waals surface area contributed by atoms with Crippen LogP contribution >= 0.6 is 0 Å². The number of hydrogen-bond acceptors (Lipinski definition) is 4. The summed E-state index contributed by atoms with van der Waals surface area (Å²) in [6, 6.07) is 0. The van der Waals surface area contributed by atoms with E-state index in [0.717, 1.165) is 51.4 Å². The summed E-state index contributed by atoms with van der Waals surface area (Å²) in [5, 5.41) is 20.7. The molecule has 5 heteroatoms. The summed E-state index contributed by atoms with van der Waals surface area (Å²) in [4.78, 5) is 20.7. The molecule has 0 aromatic rings. The fraction of sp³-hybridized carbons (Fsp3) is 0.533. The normalized spacial score (nSPS) is 14.6. The van der Waals surface area contributed by atoms with Gasteiger partial charge in [0.2, 0.25) is 0 Å². The predicted octanol–water partition coefficient (Wildman–Crippen LogP) is 5.64. The van der Waals surface area contributed by atoms with Crippen molar-refractivity contribution in [1.29, 1.82) is 0 Å². The Morgan fingerprint density at radius 1 is 0.743 bits per heavy atom. The second-order valence-corrected chi connectivity index (χ2v) is 8.43. The SMILES string of the molecule is C=C1C=CC=CC1.C=C1C=CC=CC1.CCCCC(CC)C(=O)[O-].CCCCC(CC)C(=O)[O-].[Sn+2]. The van der Waals surface area contributed by atoms with Gasteiger partial charge in [-0.25, -0.2) is 0 Å². The minimum atomic E-state index is -0.893. The van der Waals surface area contributed by atoms with Gasteiger partial charge >= 0.3 is 23.9 Å². The van der Waals surface area contributed by atoms with E-state index in [-0.39, 0.29) is 35.7 Å². The smallest absolute Gasteiger partial charge is 0.550 e. The minimum absolute atomic E-state index is 0. The van der Waals surface area contributed by atoms with Crippen molar-refractivity contribution in [3.05, 3.63) is 72.9 Å². The van der Waals surface area contributed by atoms with E-state index in [1.807, 2.05) is 50.3 Å². The molecule has 2 aliphatic rings. The van der Waals surface area contributed by atoms with E-state index >= 15 is 0 Å². The standard InChI is InChI=1S/2C8H16O2.2C7H8.Sn/c2*1-3-5-6-7(4-2)8(9)10;2*1-7-5-3-2-4-6-7;/h2*7H,3-6H2,1-2H3,(H,9,10);2*2-5H,1,6H2;/q;;;;+2/p-2. The number of carboxylic acids is 2. The van der Waals surface area contributed by atoms with Gasteiger partial charge in [0, 0.05) is 11.9 Å². The van der Waals surface area contributed by atoms with E-state index in [1.54, 1.807) is 0 Å². The van der Waals surface area contributed by atoms with Crippen LogP contribution in [0.5, 0.6) is 0 Å². The first-order chi connectivity index (χ1) is 16.2. The monoisotopic (exact) mass is 590 g/mol. The summed E-state index contributed by atoms with van der Waals surface area (Å²) in [6.45, 7) is 15.4. The zero-order valence-electron chi connectivity index (χ0n) is 22.4. The molecular formula is C30H46O4Sn. The summed E-state index contributed by atoms with van der Waals surface area (Å²) < 4.78 is 0. The number of carbonyl (C=O) groups excluding carboxylic acids is 2. The van der Waals surface area contributed by atoms with Crippen LogP contribution in [0.25, 0.3) is 0 Å². The predicted molar refractivity (Wildman–Crippen MR) is 146 cm³/mol. The van der Waals surface area contributed by atoms with Crippen molar-refractivity contribution in [2.75, 3.05) is 0 Å². The van der Waals surface area contributed by atoms with Gasteiger partial charge in [-0.15, -0.1) is 0 Å². The van der Waals surface area contributed by atoms with Crippen LogP contribution in [0.2, 0.25) is 0 Å². The number of carboxylic acid groups (broad SMARTS) is 2. The Hall–Kier alpha value is -1.82. The van der Waals surface area contributed by atoms with Gasteiger partial charge in [0.25, 0.3) is 0 Å². The Balaban J connectivity index is -0.000000390. The van der Waals surface area contributed by atoms with Crippen LogP contribution in [0.4, 0.5) is 0 Å². The molecule has 0 aromatic heterocycles. The zero-order chi connectivity index (χ0) is 26.2. The molecule has 2 radical (unpaired) electrons. The second kappa shape index (κ2) is 26.8. The molecule has 0 amide bonds. The molecule has 35 heavy (non-hydrogen) atoms. The van der Waals surface area contributed by atoms with Gasteiger partial charge in [0.15, 0.2) is 0 Å². The van der Waals surface area contributed by atoms with Crippen LogP contribution in [-0.4, -0.2) is 35.8 Å². The van der Waals surface area contributed by atoms with Crippen LogP contribution in [-0.2, 0) is 9.59 Å². The van der Waals surface area contributed by atoms with Crippen molar-refractivity contribution in [3.63, 3.8) is 0 Å². The molecule has 2 atom stereocenters. The van der Waals surface area contributed by atoms with Gasteiger partial charge in [-0.2, -0.15) is 0 Å². The molecule has 0 aromatic carbocycles. The molecule has 0 saturated heterocycles. The first-order valence-corrected chi connectivity index (χ1v) is 12.7. The van der Waals surface area contributed by atoms with Crippen molar-refractivity contribution in [2.24, 2.45) is 11.8 Å². The molecule has 194 valence electrons. The Morgan fingerprint density at radius 2 is 1.09 bits per heavy atom. The fourth-order valence-electron chi connectivity index (χ4n) is 2.99. The topological polar surface area (TPSA) is 80.3 Å². The summed E-state index contributed by atoms with van der Waals surface area (Å²) in [7, 11) is 0. The van der Waals surface area contributed by atoms with E-state index in [9.17, 15) is 19.8 Å². The van der Waals surface area contributed by atoms with Crippen LogP contribution in [0.3, 0.4) is 0 Å². The molecule has 0 N–H and O–H groups in total. The molecule has 4 nitrogen and oxygen atoms in total. The van der Waals surface area contributed by atoms with Crippen LogP contribution < -0.4 is 10.2 Å². The summed E-state index contributed by atoms with van der Waals surface area (Å²) in [5.41, 5.74) is 2.39. The van der Waals surface area contributed by atoms with E-state index in [4.69, 9.17) is 0 Å². The first-order valence-electron chi connectivity index (χ1n) is 12.7. The van der Waals surface area contributed by atoms with Crippen LogP contribution in [0.15, 0.2) is 72.9 Å². The van der Waals surface area contributed by atoms with Gasteiger partial charge in [-0.3, -0.25) is 0 Å². The third kappa shape index (κ3) is 25.1. The van der Waals surface area contributed by atoms with E-state index in [1.165, 1.54) is 11.1 Å². The molecule has 0 fully saturated rings. The van der Waals surface area contributed by atoms with Crippen molar-refractivity contribution < 1.29 is 19.8 Å². The number of rotatable bonds is 10. The summed E-state index contributed by atoms with van der Waals surface area (Å²) in [5.74, 6) is -2.23. The minimum Gasteiger partial charge on any atom is -0.550 e. The maximum Gasteiger partial charge on any atom is 2.00 e. The molecule has 2 rings (SSSR count). The van der Waals surface area contributed by atoms with Gasteiger partial charge in [0.1, 0.15) is 0 Å². The third-order valence-corrected chi connectivity index (χ3v) is 5.38. The quantitative estimate of drug-likeness (QED) is 0.309. The zero-order valence-corrected chi connectivity index (χ0v) is 25.2. The van der Waals surface area contributed by atoms with Gasteiger partial charge in [0.05, 0.1) is 0 Å². The maximum absolute atomic E-state index is 10.3. The molecule has 2 aliphatic carbocycles. The Labute approximate surface area is 231 Å². The number of carbonyl (C=O) groups is 2. The Bertz CT molecular complexity index is 641. The summed E-state index contributed by atoms with van der Waals surface area (Å²) >= 11 is 0. The molecule has 0 aliphatic heterocycles. The average Bonchev–Trinajstić information content (AvgIpc) is 2.82. The van der Waals surface area contributed by atoms with E-state index in [0.29, 0.717) is 12.8 Å². The molecule has 2 unspecified atom stereocenters. The van der Waals surface area contributed by atoms with Crippen LogP contribution in [0.1, 0.15) is 91.9 Å². The van der Waals surface area contributed by atoms with E-state index < -0.39 is 11.9 Å². The molecular weight excluding hydrogens is 543 g/mol. The van der Waals surface area contributed by atoms with Crippen molar-refractivity contribution in [1.82, 2.24) is 0 Å². The van der Waals surface area contributed by atoms with Gasteiger partial charge in [-0.1, -0.05) is 126 Å². The molecule has 0 spiro atoms. The van der Waals surface area contributed by atoms with Crippen molar-refractivity contribution in [2.45, 2.75) is 91.9 Å². The molecule has 0 saturated carbocycles. The first kappa shape index (κ1) is 37.7. The largest absolute Gasteiger partial charge is 2.00 e. The second-order valence-electron chi connectivity index (χ2n) is 8.43. The molecule has 0 bridgehead atoms. The van der Waals surface area contributed by atoms with Gasteiger partial charge < -0.3 is 19.8 Å². The van der Waals surface area contributed by atoms with Gasteiger partial charge in [-0.05, 0) is 50.4 Å². The summed E-state index contributed by atoms with van der Waals surface area (Å²) in [6.07, 6.45) is 25.4. The Kier molecular flexibility index (Phi) is 28.9. The fourth-order valence-corrected chi connectivity index (χ4v) is 2.99.